The van der Waals surface area contributed by atoms with E-state index in [0.29, 0.717) is 6.04 Å². The molecule has 1 aromatic rings. The number of hydrogen-bond acceptors (Lipinski definition) is 3. The van der Waals surface area contributed by atoms with Crippen molar-refractivity contribution in [2.75, 3.05) is 12.3 Å². The highest BCUT2D eigenvalue weighted by atomic mass is 35.5. The Morgan fingerprint density at radius 1 is 1.35 bits per heavy atom. The first kappa shape index (κ1) is 14.2. The van der Waals surface area contributed by atoms with E-state index in [0.717, 1.165) is 30.2 Å². The largest absolute Gasteiger partial charge is 0.481 e. The summed E-state index contributed by atoms with van der Waals surface area (Å²) in [6.45, 7) is 0.979. The van der Waals surface area contributed by atoms with Gasteiger partial charge in [-0.05, 0) is 43.5 Å². The number of nitrogens with zero attached hydrogens (tertiary/aromatic N) is 1. The number of carbonyl (C=O) groups is 1. The van der Waals surface area contributed by atoms with E-state index in [2.05, 4.69) is 4.90 Å². The number of carboxylic acid groups (broad SMARTS) is 1. The maximum atomic E-state index is 11.2. The van der Waals surface area contributed by atoms with Crippen LogP contribution in [0.25, 0.3) is 0 Å². The van der Waals surface area contributed by atoms with Gasteiger partial charge in [0.25, 0.3) is 0 Å². The van der Waals surface area contributed by atoms with Crippen LogP contribution in [0.1, 0.15) is 19.3 Å². The molecule has 2 bridgehead atoms. The third kappa shape index (κ3) is 2.83. The predicted molar refractivity (Wildman–Crippen MR) is 81.4 cm³/mol. The van der Waals surface area contributed by atoms with Gasteiger partial charge in [-0.3, -0.25) is 9.69 Å². The van der Waals surface area contributed by atoms with Gasteiger partial charge in [0, 0.05) is 34.3 Å². The fourth-order valence-corrected chi connectivity index (χ4v) is 4.51. The molecule has 3 nitrogen and oxygen atoms in total. The van der Waals surface area contributed by atoms with Crippen LogP contribution in [0, 0.1) is 5.92 Å². The number of halogens is 1. The number of hydrogen-bond donors (Lipinski definition) is 1. The Morgan fingerprint density at radius 3 is 2.75 bits per heavy atom. The number of rotatable bonds is 5. The molecule has 0 aliphatic carbocycles. The number of thioether (sulfide) groups is 1. The standard InChI is InChI=1S/C15H18ClNO2S/c16-10-1-4-12(5-2-10)20-8-7-17-11-3-6-14(17)13(9-11)15(18)19/h1-2,4-5,11,13-14H,3,6-9H2,(H,18,19). The Labute approximate surface area is 128 Å². The highest BCUT2D eigenvalue weighted by Crippen LogP contribution is 2.41. The smallest absolute Gasteiger partial charge is 0.308 e. The van der Waals surface area contributed by atoms with E-state index in [1.807, 2.05) is 36.0 Å². The molecule has 20 heavy (non-hydrogen) atoms. The average Bonchev–Trinajstić information content (AvgIpc) is 2.98. The molecule has 2 saturated heterocycles. The lowest BCUT2D eigenvalue weighted by molar-refractivity contribution is -0.142. The van der Waals surface area contributed by atoms with Gasteiger partial charge in [-0.25, -0.2) is 0 Å². The number of benzene rings is 1. The minimum atomic E-state index is -0.618. The van der Waals surface area contributed by atoms with Crippen molar-refractivity contribution >= 4 is 29.3 Å². The molecular weight excluding hydrogens is 294 g/mol. The molecule has 2 aliphatic heterocycles. The fourth-order valence-electron chi connectivity index (χ4n) is 3.51. The predicted octanol–water partition coefficient (Wildman–Crippen LogP) is 3.37. The Kier molecular flexibility index (Phi) is 4.24. The van der Waals surface area contributed by atoms with E-state index in [-0.39, 0.29) is 12.0 Å². The molecule has 0 amide bonds. The molecule has 1 N–H and O–H groups in total. The van der Waals surface area contributed by atoms with E-state index in [9.17, 15) is 9.90 Å². The SMILES string of the molecule is O=C(O)C1CC2CCC1N2CCSc1ccc(Cl)cc1. The minimum absolute atomic E-state index is 0.144. The molecule has 0 radical (unpaired) electrons. The van der Waals surface area contributed by atoms with Crippen LogP contribution in [0.4, 0.5) is 0 Å². The first-order chi connectivity index (χ1) is 9.65. The van der Waals surface area contributed by atoms with Crippen molar-refractivity contribution in [2.24, 2.45) is 5.92 Å². The van der Waals surface area contributed by atoms with Crippen molar-refractivity contribution in [3.05, 3.63) is 29.3 Å². The van der Waals surface area contributed by atoms with Gasteiger partial charge in [-0.1, -0.05) is 11.6 Å². The second-order valence-corrected chi connectivity index (χ2v) is 7.12. The monoisotopic (exact) mass is 311 g/mol. The first-order valence-electron chi connectivity index (χ1n) is 7.02. The van der Waals surface area contributed by atoms with Crippen molar-refractivity contribution in [3.63, 3.8) is 0 Å². The Balaban J connectivity index is 1.52. The zero-order chi connectivity index (χ0) is 14.1. The summed E-state index contributed by atoms with van der Waals surface area (Å²) in [6.07, 6.45) is 3.05. The molecule has 3 unspecified atom stereocenters. The maximum absolute atomic E-state index is 11.2. The Bertz CT molecular complexity index is 493. The average molecular weight is 312 g/mol. The summed E-state index contributed by atoms with van der Waals surface area (Å²) in [5.74, 6) is 0.239. The lowest BCUT2D eigenvalue weighted by Crippen LogP contribution is -2.34. The van der Waals surface area contributed by atoms with Gasteiger partial charge in [0.15, 0.2) is 0 Å². The van der Waals surface area contributed by atoms with Crippen molar-refractivity contribution in [1.29, 1.82) is 0 Å². The van der Waals surface area contributed by atoms with Crippen LogP contribution in [-0.4, -0.2) is 40.4 Å². The van der Waals surface area contributed by atoms with Crippen LogP contribution in [0.5, 0.6) is 0 Å². The van der Waals surface area contributed by atoms with Gasteiger partial charge in [-0.2, -0.15) is 0 Å². The highest BCUT2D eigenvalue weighted by Gasteiger charge is 2.48. The van der Waals surface area contributed by atoms with Crippen molar-refractivity contribution < 1.29 is 9.90 Å². The molecule has 2 heterocycles. The molecule has 3 rings (SSSR count). The molecule has 108 valence electrons. The summed E-state index contributed by atoms with van der Waals surface area (Å²) in [5.41, 5.74) is 0. The normalized spacial score (nSPS) is 28.9. The van der Waals surface area contributed by atoms with E-state index < -0.39 is 5.97 Å². The summed E-state index contributed by atoms with van der Waals surface area (Å²) in [6, 6.07) is 8.64. The van der Waals surface area contributed by atoms with E-state index >= 15 is 0 Å². The highest BCUT2D eigenvalue weighted by molar-refractivity contribution is 7.99. The van der Waals surface area contributed by atoms with Gasteiger partial charge < -0.3 is 5.11 Å². The van der Waals surface area contributed by atoms with Crippen LogP contribution >= 0.6 is 23.4 Å². The molecule has 5 heteroatoms. The Morgan fingerprint density at radius 2 is 2.10 bits per heavy atom. The first-order valence-corrected chi connectivity index (χ1v) is 8.38. The molecule has 0 aromatic heterocycles. The molecule has 1 aromatic carbocycles. The van der Waals surface area contributed by atoms with Crippen molar-refractivity contribution in [3.8, 4) is 0 Å². The molecule has 0 saturated carbocycles. The molecule has 3 atom stereocenters. The summed E-state index contributed by atoms with van der Waals surface area (Å²) in [5, 5.41) is 10.00. The van der Waals surface area contributed by atoms with Gasteiger partial charge >= 0.3 is 5.97 Å². The van der Waals surface area contributed by atoms with Gasteiger partial charge in [0.05, 0.1) is 5.92 Å². The van der Waals surface area contributed by atoms with Crippen molar-refractivity contribution in [2.45, 2.75) is 36.2 Å². The fraction of sp³-hybridized carbons (Fsp3) is 0.533. The molecule has 2 aliphatic rings. The van der Waals surface area contributed by atoms with Gasteiger partial charge in [-0.15, -0.1) is 11.8 Å². The molecular formula is C15H18ClNO2S. The minimum Gasteiger partial charge on any atom is -0.481 e. The third-order valence-corrected chi connectivity index (χ3v) is 5.67. The summed E-state index contributed by atoms with van der Waals surface area (Å²) < 4.78 is 0. The topological polar surface area (TPSA) is 40.5 Å². The zero-order valence-electron chi connectivity index (χ0n) is 11.2. The van der Waals surface area contributed by atoms with Crippen LogP contribution < -0.4 is 0 Å². The second kappa shape index (κ2) is 5.96. The third-order valence-electron chi connectivity index (χ3n) is 4.43. The van der Waals surface area contributed by atoms with Crippen LogP contribution in [-0.2, 0) is 4.79 Å². The quantitative estimate of drug-likeness (QED) is 0.846. The second-order valence-electron chi connectivity index (χ2n) is 5.52. The van der Waals surface area contributed by atoms with Gasteiger partial charge in [0.2, 0.25) is 0 Å². The van der Waals surface area contributed by atoms with Crippen molar-refractivity contribution in [1.82, 2.24) is 4.90 Å². The summed E-state index contributed by atoms with van der Waals surface area (Å²) >= 11 is 7.68. The number of carboxylic acids is 1. The van der Waals surface area contributed by atoms with Gasteiger partial charge in [0.1, 0.15) is 0 Å². The van der Waals surface area contributed by atoms with Crippen LogP contribution in [0.3, 0.4) is 0 Å². The Hall–Kier alpha value is -0.710. The zero-order valence-corrected chi connectivity index (χ0v) is 12.7. The maximum Gasteiger partial charge on any atom is 0.308 e. The number of aliphatic carboxylic acids is 1. The number of fused-ring (bicyclic) bond motifs is 2. The van der Waals surface area contributed by atoms with E-state index in [4.69, 9.17) is 11.6 Å². The van der Waals surface area contributed by atoms with Crippen LogP contribution in [0.2, 0.25) is 5.02 Å². The van der Waals surface area contributed by atoms with Crippen LogP contribution in [0.15, 0.2) is 29.2 Å². The lowest BCUT2D eigenvalue weighted by Gasteiger charge is -2.22. The van der Waals surface area contributed by atoms with E-state index in [1.54, 1.807) is 0 Å². The molecule has 2 fully saturated rings. The van der Waals surface area contributed by atoms with E-state index in [1.165, 1.54) is 11.3 Å². The molecule has 0 spiro atoms. The summed E-state index contributed by atoms with van der Waals surface area (Å²) in [4.78, 5) is 14.9. The summed E-state index contributed by atoms with van der Waals surface area (Å²) in [7, 11) is 0. The lowest BCUT2D eigenvalue weighted by atomic mass is 9.89.